The SMILES string of the molecule is Cc1cc(-c2ccc3c(c2)OCCO3)n2nc(Cc3ccc(CCCN4CCCC4)cc3)nc2c1. The summed E-state index contributed by atoms with van der Waals surface area (Å²) in [5.41, 5.74) is 6.71. The Bertz CT molecular complexity index is 1320. The molecule has 0 atom stereocenters. The minimum Gasteiger partial charge on any atom is -0.486 e. The van der Waals surface area contributed by atoms with E-state index >= 15 is 0 Å². The standard InChI is InChI=1S/C29H32N4O2/c1-21-17-25(24-10-11-26-27(20-24)35-16-15-34-26)33-29(18-21)30-28(31-33)19-23-8-6-22(7-9-23)5-4-14-32-12-2-3-13-32/h6-11,17-18,20H,2-5,12-16,19H2,1H3. The number of fused-ring (bicyclic) bond motifs is 2. The van der Waals surface area contributed by atoms with Gasteiger partial charge in [-0.05, 0) is 99.3 Å². The lowest BCUT2D eigenvalue weighted by atomic mass is 10.1. The fourth-order valence-electron chi connectivity index (χ4n) is 5.16. The second kappa shape index (κ2) is 9.70. The molecular weight excluding hydrogens is 436 g/mol. The van der Waals surface area contributed by atoms with Crippen LogP contribution in [-0.2, 0) is 12.8 Å². The highest BCUT2D eigenvalue weighted by molar-refractivity contribution is 5.67. The Morgan fingerprint density at radius 2 is 1.63 bits per heavy atom. The van der Waals surface area contributed by atoms with E-state index in [-0.39, 0.29) is 0 Å². The van der Waals surface area contributed by atoms with E-state index in [1.165, 1.54) is 50.0 Å². The molecule has 4 aromatic rings. The summed E-state index contributed by atoms with van der Waals surface area (Å²) in [4.78, 5) is 7.44. The molecule has 0 N–H and O–H groups in total. The molecule has 2 aromatic carbocycles. The maximum absolute atomic E-state index is 5.80. The second-order valence-electron chi connectivity index (χ2n) is 9.72. The zero-order valence-corrected chi connectivity index (χ0v) is 20.4. The van der Waals surface area contributed by atoms with Crippen LogP contribution in [0.3, 0.4) is 0 Å². The average Bonchev–Trinajstić information content (AvgIpc) is 3.54. The quantitative estimate of drug-likeness (QED) is 0.378. The van der Waals surface area contributed by atoms with E-state index in [4.69, 9.17) is 19.6 Å². The minimum atomic E-state index is 0.574. The van der Waals surface area contributed by atoms with Crippen LogP contribution in [0.1, 0.15) is 41.8 Å². The highest BCUT2D eigenvalue weighted by atomic mass is 16.6. The van der Waals surface area contributed by atoms with Gasteiger partial charge in [-0.2, -0.15) is 5.10 Å². The number of aryl methyl sites for hydroxylation is 2. The van der Waals surface area contributed by atoms with Crippen LogP contribution in [0.25, 0.3) is 16.9 Å². The molecular formula is C29H32N4O2. The van der Waals surface area contributed by atoms with Crippen molar-refractivity contribution in [2.45, 2.75) is 39.0 Å². The monoisotopic (exact) mass is 468 g/mol. The van der Waals surface area contributed by atoms with Crippen LogP contribution in [0, 0.1) is 6.92 Å². The Balaban J connectivity index is 1.19. The van der Waals surface area contributed by atoms with Gasteiger partial charge in [0.1, 0.15) is 13.2 Å². The van der Waals surface area contributed by atoms with E-state index in [2.05, 4.69) is 54.3 Å². The number of ether oxygens (including phenoxy) is 2. The van der Waals surface area contributed by atoms with Crippen LogP contribution in [-0.4, -0.2) is 52.3 Å². The number of benzene rings is 2. The van der Waals surface area contributed by atoms with Gasteiger partial charge in [0, 0.05) is 12.0 Å². The highest BCUT2D eigenvalue weighted by Gasteiger charge is 2.16. The van der Waals surface area contributed by atoms with E-state index < -0.39 is 0 Å². The summed E-state index contributed by atoms with van der Waals surface area (Å²) < 4.78 is 13.4. The van der Waals surface area contributed by atoms with Crippen molar-refractivity contribution >= 4 is 5.65 Å². The van der Waals surface area contributed by atoms with Crippen molar-refractivity contribution in [3.8, 4) is 22.8 Å². The van der Waals surface area contributed by atoms with E-state index in [1.54, 1.807) is 0 Å². The molecule has 2 aromatic heterocycles. The molecule has 0 spiro atoms. The van der Waals surface area contributed by atoms with Crippen molar-refractivity contribution in [2.75, 3.05) is 32.8 Å². The highest BCUT2D eigenvalue weighted by Crippen LogP contribution is 2.35. The fraction of sp³-hybridized carbons (Fsp3) is 0.379. The number of hydrogen-bond acceptors (Lipinski definition) is 5. The van der Waals surface area contributed by atoms with Gasteiger partial charge in [-0.3, -0.25) is 0 Å². The molecule has 0 unspecified atom stereocenters. The van der Waals surface area contributed by atoms with Gasteiger partial charge in [-0.1, -0.05) is 24.3 Å². The largest absolute Gasteiger partial charge is 0.486 e. The van der Waals surface area contributed by atoms with Crippen molar-refractivity contribution < 1.29 is 9.47 Å². The molecule has 0 saturated carbocycles. The summed E-state index contributed by atoms with van der Waals surface area (Å²) in [6.45, 7) is 7.04. The van der Waals surface area contributed by atoms with Crippen LogP contribution >= 0.6 is 0 Å². The first kappa shape index (κ1) is 22.1. The molecule has 0 bridgehead atoms. The summed E-state index contributed by atoms with van der Waals surface area (Å²) in [5, 5.41) is 4.88. The van der Waals surface area contributed by atoms with E-state index in [1.807, 2.05) is 16.6 Å². The summed E-state index contributed by atoms with van der Waals surface area (Å²) in [7, 11) is 0. The maximum Gasteiger partial charge on any atom is 0.162 e. The molecule has 0 aliphatic carbocycles. The number of likely N-dealkylation sites (tertiary alicyclic amines) is 1. The molecule has 2 aliphatic rings. The minimum absolute atomic E-state index is 0.574. The maximum atomic E-state index is 5.80. The third kappa shape index (κ3) is 4.89. The summed E-state index contributed by atoms with van der Waals surface area (Å²) in [5.74, 6) is 2.41. The van der Waals surface area contributed by atoms with Crippen molar-refractivity contribution in [3.63, 3.8) is 0 Å². The molecule has 0 radical (unpaired) electrons. The van der Waals surface area contributed by atoms with Crippen LogP contribution in [0.15, 0.2) is 54.6 Å². The number of nitrogens with zero attached hydrogens (tertiary/aromatic N) is 4. The van der Waals surface area contributed by atoms with Crippen molar-refractivity contribution in [2.24, 2.45) is 0 Å². The molecule has 1 fully saturated rings. The van der Waals surface area contributed by atoms with Gasteiger partial charge < -0.3 is 14.4 Å². The Kier molecular flexibility index (Phi) is 6.13. The molecule has 6 heteroatoms. The molecule has 35 heavy (non-hydrogen) atoms. The lowest BCUT2D eigenvalue weighted by Gasteiger charge is -2.19. The van der Waals surface area contributed by atoms with Crippen LogP contribution in [0.4, 0.5) is 0 Å². The fourth-order valence-corrected chi connectivity index (χ4v) is 5.16. The first-order chi connectivity index (χ1) is 17.2. The lowest BCUT2D eigenvalue weighted by molar-refractivity contribution is 0.171. The van der Waals surface area contributed by atoms with E-state index in [0.29, 0.717) is 13.2 Å². The summed E-state index contributed by atoms with van der Waals surface area (Å²) >= 11 is 0. The van der Waals surface area contributed by atoms with E-state index in [0.717, 1.165) is 52.6 Å². The molecule has 6 rings (SSSR count). The Hall–Kier alpha value is -3.38. The Morgan fingerprint density at radius 3 is 2.46 bits per heavy atom. The second-order valence-corrected chi connectivity index (χ2v) is 9.72. The smallest absolute Gasteiger partial charge is 0.162 e. The van der Waals surface area contributed by atoms with Crippen LogP contribution in [0.5, 0.6) is 11.5 Å². The normalized spacial score (nSPS) is 15.7. The van der Waals surface area contributed by atoms with Crippen molar-refractivity contribution in [3.05, 3.63) is 77.1 Å². The Morgan fingerprint density at radius 1 is 0.857 bits per heavy atom. The lowest BCUT2D eigenvalue weighted by Crippen LogP contribution is -2.20. The predicted molar refractivity (Wildman–Crippen MR) is 137 cm³/mol. The third-order valence-electron chi connectivity index (χ3n) is 6.99. The van der Waals surface area contributed by atoms with Gasteiger partial charge in [0.05, 0.1) is 5.69 Å². The first-order valence-electron chi connectivity index (χ1n) is 12.8. The zero-order valence-electron chi connectivity index (χ0n) is 20.4. The Labute approximate surface area is 206 Å². The molecule has 180 valence electrons. The predicted octanol–water partition coefficient (Wildman–Crippen LogP) is 5.10. The van der Waals surface area contributed by atoms with Gasteiger partial charge in [-0.25, -0.2) is 9.50 Å². The molecule has 0 amide bonds. The van der Waals surface area contributed by atoms with Gasteiger partial charge in [-0.15, -0.1) is 0 Å². The average molecular weight is 469 g/mol. The number of rotatable bonds is 7. The topological polar surface area (TPSA) is 51.9 Å². The molecule has 6 nitrogen and oxygen atoms in total. The van der Waals surface area contributed by atoms with Crippen LogP contribution in [0.2, 0.25) is 0 Å². The van der Waals surface area contributed by atoms with Gasteiger partial charge in [0.2, 0.25) is 0 Å². The van der Waals surface area contributed by atoms with Gasteiger partial charge >= 0.3 is 0 Å². The number of pyridine rings is 1. The van der Waals surface area contributed by atoms with Crippen molar-refractivity contribution in [1.82, 2.24) is 19.5 Å². The first-order valence-corrected chi connectivity index (χ1v) is 12.8. The third-order valence-corrected chi connectivity index (χ3v) is 6.99. The molecule has 2 aliphatic heterocycles. The number of aromatic nitrogens is 3. The number of hydrogen-bond donors (Lipinski definition) is 0. The molecule has 4 heterocycles. The van der Waals surface area contributed by atoms with Crippen molar-refractivity contribution in [1.29, 1.82) is 0 Å². The summed E-state index contributed by atoms with van der Waals surface area (Å²) in [6.07, 6.45) is 5.82. The zero-order chi connectivity index (χ0) is 23.6. The molecule has 1 saturated heterocycles. The van der Waals surface area contributed by atoms with Gasteiger partial charge in [0.25, 0.3) is 0 Å². The summed E-state index contributed by atoms with van der Waals surface area (Å²) in [6, 6.07) is 19.3. The van der Waals surface area contributed by atoms with Gasteiger partial charge in [0.15, 0.2) is 23.0 Å². The van der Waals surface area contributed by atoms with E-state index in [9.17, 15) is 0 Å². The van der Waals surface area contributed by atoms with Crippen LogP contribution < -0.4 is 9.47 Å².